The number of phosphoric acid groups is 2. The molecule has 0 saturated heterocycles. The van der Waals surface area contributed by atoms with E-state index in [4.69, 9.17) is 37.0 Å². The molecule has 3 N–H and O–H groups in total. The van der Waals surface area contributed by atoms with Crippen LogP contribution in [0.15, 0.2) is 0 Å². The predicted molar refractivity (Wildman–Crippen MR) is 395 cm³/mol. The van der Waals surface area contributed by atoms with Gasteiger partial charge in [-0.25, -0.2) is 9.13 Å². The van der Waals surface area contributed by atoms with Crippen molar-refractivity contribution in [2.75, 3.05) is 39.6 Å². The summed E-state index contributed by atoms with van der Waals surface area (Å²) in [4.78, 5) is 72.4. The monoisotopic (exact) mass is 1420 g/mol. The van der Waals surface area contributed by atoms with Crippen LogP contribution in [0.25, 0.3) is 0 Å². The van der Waals surface area contributed by atoms with Crippen molar-refractivity contribution in [1.82, 2.24) is 0 Å². The molecule has 0 bridgehead atoms. The summed E-state index contributed by atoms with van der Waals surface area (Å²) >= 11 is 0. The van der Waals surface area contributed by atoms with Crippen molar-refractivity contribution < 1.29 is 80.2 Å². The molecule has 3 unspecified atom stereocenters. The van der Waals surface area contributed by atoms with Crippen LogP contribution >= 0.6 is 15.6 Å². The van der Waals surface area contributed by atoms with Crippen LogP contribution in [0.5, 0.6) is 0 Å². The maximum atomic E-state index is 13.1. The highest BCUT2D eigenvalue weighted by molar-refractivity contribution is 7.47. The number of aliphatic hydroxyl groups excluding tert-OH is 1. The molecular weight excluding hydrogens is 1270 g/mol. The second-order valence-electron chi connectivity index (χ2n) is 28.3. The van der Waals surface area contributed by atoms with Crippen LogP contribution in [-0.2, 0) is 65.4 Å². The van der Waals surface area contributed by atoms with Crippen LogP contribution in [0.2, 0.25) is 0 Å². The fourth-order valence-corrected chi connectivity index (χ4v) is 13.6. The number of hydrogen-bond donors (Lipinski definition) is 3. The van der Waals surface area contributed by atoms with Gasteiger partial charge in [0.25, 0.3) is 0 Å². The van der Waals surface area contributed by atoms with Crippen LogP contribution in [0.3, 0.4) is 0 Å². The lowest BCUT2D eigenvalue weighted by atomic mass is 9.99. The Morgan fingerprint density at radius 3 is 0.732 bits per heavy atom. The van der Waals surface area contributed by atoms with Crippen LogP contribution in [0, 0.1) is 5.92 Å². The molecule has 0 aliphatic heterocycles. The Kier molecular flexibility index (Phi) is 69.6. The van der Waals surface area contributed by atoms with Crippen molar-refractivity contribution in [1.29, 1.82) is 0 Å². The van der Waals surface area contributed by atoms with Gasteiger partial charge in [0, 0.05) is 25.7 Å². The fourth-order valence-electron chi connectivity index (χ4n) is 12.0. The van der Waals surface area contributed by atoms with Crippen molar-refractivity contribution in [3.63, 3.8) is 0 Å². The molecule has 0 saturated carbocycles. The topological polar surface area (TPSA) is 237 Å². The molecule has 576 valence electrons. The van der Waals surface area contributed by atoms with E-state index in [1.165, 1.54) is 231 Å². The Morgan fingerprint density at radius 2 is 0.495 bits per heavy atom. The summed E-state index contributed by atoms with van der Waals surface area (Å²) in [7, 11) is -9.90. The maximum Gasteiger partial charge on any atom is 0.472 e. The Hall–Kier alpha value is -1.94. The van der Waals surface area contributed by atoms with Gasteiger partial charge >= 0.3 is 39.5 Å². The minimum Gasteiger partial charge on any atom is -0.462 e. The lowest BCUT2D eigenvalue weighted by Gasteiger charge is -2.21. The maximum absolute atomic E-state index is 13.1. The smallest absolute Gasteiger partial charge is 0.462 e. The zero-order chi connectivity index (χ0) is 71.2. The quantitative estimate of drug-likeness (QED) is 0.0222. The predicted octanol–water partition coefficient (Wildman–Crippen LogP) is 23.3. The average Bonchev–Trinajstić information content (AvgIpc) is 1.56. The number of rotatable bonds is 78. The van der Waals surface area contributed by atoms with E-state index < -0.39 is 97.5 Å². The number of phosphoric ester groups is 2. The van der Waals surface area contributed by atoms with Crippen LogP contribution in [-0.4, -0.2) is 96.7 Å². The molecule has 0 aromatic rings. The molecule has 97 heavy (non-hydrogen) atoms. The first-order valence-electron chi connectivity index (χ1n) is 40.7. The summed E-state index contributed by atoms with van der Waals surface area (Å²) < 4.78 is 68.2. The van der Waals surface area contributed by atoms with Gasteiger partial charge in [0.1, 0.15) is 19.3 Å². The Morgan fingerprint density at radius 1 is 0.289 bits per heavy atom. The van der Waals surface area contributed by atoms with Gasteiger partial charge in [-0.15, -0.1) is 0 Å². The largest absolute Gasteiger partial charge is 0.472 e. The molecule has 0 heterocycles. The first-order valence-corrected chi connectivity index (χ1v) is 43.7. The van der Waals surface area contributed by atoms with E-state index in [1.807, 2.05) is 0 Å². The highest BCUT2D eigenvalue weighted by Crippen LogP contribution is 2.45. The molecule has 0 fully saturated rings. The molecule has 0 aromatic carbocycles. The van der Waals surface area contributed by atoms with Gasteiger partial charge in [-0.05, 0) is 31.6 Å². The van der Waals surface area contributed by atoms with E-state index in [9.17, 15) is 43.2 Å². The van der Waals surface area contributed by atoms with Crippen molar-refractivity contribution in [3.8, 4) is 0 Å². The zero-order valence-electron chi connectivity index (χ0n) is 63.2. The second-order valence-corrected chi connectivity index (χ2v) is 31.3. The minimum atomic E-state index is -4.96. The Bertz CT molecular complexity index is 1860. The Labute approximate surface area is 594 Å². The number of esters is 4. The van der Waals surface area contributed by atoms with E-state index in [2.05, 4.69) is 34.6 Å². The molecule has 0 aliphatic carbocycles. The SMILES string of the molecule is CCCCCCCCCCCCCCCCCCCCCCCC(=O)OC[C@H](COP(=O)(O)OC[C@@H](O)COP(=O)(O)OC[C@@H](COC(=O)CCCCCCC)OC(=O)CCCCCCCCCCC)OC(=O)CCCCCCCCCCCCCCCCCCCCC(C)CC. The van der Waals surface area contributed by atoms with Crippen LogP contribution < -0.4 is 0 Å². The Balaban J connectivity index is 5.07. The molecule has 0 aromatic heterocycles. The third-order valence-electron chi connectivity index (χ3n) is 18.6. The minimum absolute atomic E-state index is 0.105. The van der Waals surface area contributed by atoms with Crippen molar-refractivity contribution >= 4 is 39.5 Å². The molecule has 0 radical (unpaired) electrons. The third-order valence-corrected chi connectivity index (χ3v) is 20.5. The van der Waals surface area contributed by atoms with Crippen molar-refractivity contribution in [2.24, 2.45) is 5.92 Å². The number of unbranched alkanes of at least 4 members (excludes halogenated alkanes) is 49. The van der Waals surface area contributed by atoms with E-state index in [0.717, 1.165) is 102 Å². The molecule has 0 aliphatic rings. The normalized spacial score (nSPS) is 14.2. The second kappa shape index (κ2) is 71.1. The average molecular weight is 1420 g/mol. The first-order chi connectivity index (χ1) is 47.1. The molecule has 0 amide bonds. The molecular formula is C78H152O17P2. The molecule has 0 spiro atoms. The van der Waals surface area contributed by atoms with Gasteiger partial charge in [0.05, 0.1) is 26.4 Å². The third kappa shape index (κ3) is 70.9. The number of hydrogen-bond acceptors (Lipinski definition) is 15. The fraction of sp³-hybridized carbons (Fsp3) is 0.949. The molecule has 0 rings (SSSR count). The highest BCUT2D eigenvalue weighted by Gasteiger charge is 2.30. The van der Waals surface area contributed by atoms with E-state index in [0.29, 0.717) is 25.7 Å². The summed E-state index contributed by atoms with van der Waals surface area (Å²) in [6.45, 7) is 7.25. The van der Waals surface area contributed by atoms with Crippen molar-refractivity contribution in [3.05, 3.63) is 0 Å². The van der Waals surface area contributed by atoms with Gasteiger partial charge < -0.3 is 33.8 Å². The number of aliphatic hydroxyl groups is 1. The summed E-state index contributed by atoms with van der Waals surface area (Å²) in [5, 5.41) is 10.6. The van der Waals surface area contributed by atoms with E-state index >= 15 is 0 Å². The van der Waals surface area contributed by atoms with Crippen LogP contribution in [0.1, 0.15) is 413 Å². The number of carbonyl (C=O) groups excluding carboxylic acids is 4. The lowest BCUT2D eigenvalue weighted by molar-refractivity contribution is -0.161. The van der Waals surface area contributed by atoms with Gasteiger partial charge in [0.2, 0.25) is 0 Å². The standard InChI is InChI=1S/C78H152O17P2/c1-6-10-13-16-18-20-21-22-23-24-25-26-27-31-34-37-40-44-47-52-57-62-76(81)89-68-74(95-78(83)64-59-54-49-45-41-38-35-32-29-28-30-33-36-39-43-46-51-55-60-71(5)9-4)70-93-97(86,87)91-66-72(79)65-90-96(84,85)92-69-73(67-88-75(80)61-56-50-15-12-8-3)94-77(82)63-58-53-48-42-19-17-14-11-7-2/h71-74,79H,6-70H2,1-5H3,(H,84,85)(H,86,87)/t71?,72-,73+,74+/m0/s1. The number of carbonyl (C=O) groups is 4. The van der Waals surface area contributed by atoms with Crippen molar-refractivity contribution in [2.45, 2.75) is 432 Å². The molecule has 17 nitrogen and oxygen atoms in total. The molecule has 19 heteroatoms. The lowest BCUT2D eigenvalue weighted by Crippen LogP contribution is -2.30. The summed E-state index contributed by atoms with van der Waals surface area (Å²) in [6, 6.07) is 0. The summed E-state index contributed by atoms with van der Waals surface area (Å²) in [5.41, 5.74) is 0. The summed E-state index contributed by atoms with van der Waals surface area (Å²) in [5.74, 6) is -1.26. The van der Waals surface area contributed by atoms with Gasteiger partial charge in [-0.3, -0.25) is 37.3 Å². The van der Waals surface area contributed by atoms with Gasteiger partial charge in [-0.1, -0.05) is 362 Å². The number of ether oxygens (including phenoxy) is 4. The van der Waals surface area contributed by atoms with Gasteiger partial charge in [-0.2, -0.15) is 0 Å². The summed E-state index contributed by atoms with van der Waals surface area (Å²) in [6.07, 6.45) is 61.8. The van der Waals surface area contributed by atoms with Gasteiger partial charge in [0.15, 0.2) is 12.2 Å². The zero-order valence-corrected chi connectivity index (χ0v) is 65.0. The van der Waals surface area contributed by atoms with E-state index in [-0.39, 0.29) is 25.7 Å². The van der Waals surface area contributed by atoms with Crippen LogP contribution in [0.4, 0.5) is 0 Å². The van der Waals surface area contributed by atoms with E-state index in [1.54, 1.807) is 0 Å². The molecule has 6 atom stereocenters. The first kappa shape index (κ1) is 95.1. The highest BCUT2D eigenvalue weighted by atomic mass is 31.2.